The Morgan fingerprint density at radius 1 is 1.13 bits per heavy atom. The molecular formula is C19H16N8O3. The van der Waals surface area contributed by atoms with Gasteiger partial charge in [0, 0.05) is 11.1 Å². The molecule has 0 aliphatic rings. The number of anilines is 1. The molecule has 0 spiro atoms. The molecule has 2 heterocycles. The maximum atomic E-state index is 12.8. The van der Waals surface area contributed by atoms with Crippen molar-refractivity contribution in [2.24, 2.45) is 5.10 Å². The Balaban J connectivity index is 1.71. The van der Waals surface area contributed by atoms with E-state index in [-0.39, 0.29) is 23.1 Å². The van der Waals surface area contributed by atoms with Crippen LogP contribution in [0.4, 0.5) is 5.82 Å². The Hall–Kier alpha value is -4.54. The molecule has 4 N–H and O–H groups in total. The van der Waals surface area contributed by atoms with E-state index in [4.69, 9.17) is 5.73 Å². The van der Waals surface area contributed by atoms with Gasteiger partial charge in [-0.25, -0.2) is 10.1 Å². The van der Waals surface area contributed by atoms with Crippen LogP contribution >= 0.6 is 0 Å². The Labute approximate surface area is 169 Å². The lowest BCUT2D eigenvalue weighted by atomic mass is 10.1. The maximum Gasteiger partial charge on any atom is 0.294 e. The van der Waals surface area contributed by atoms with Gasteiger partial charge in [0.2, 0.25) is 11.6 Å². The van der Waals surface area contributed by atoms with Crippen LogP contribution in [0.1, 0.15) is 23.0 Å². The molecule has 150 valence electrons. The molecule has 11 nitrogen and oxygen atoms in total. The number of nitrogen functional groups attached to an aromatic ring is 1. The van der Waals surface area contributed by atoms with Gasteiger partial charge in [0.1, 0.15) is 11.4 Å². The number of nitrogens with two attached hydrogens (primary N) is 1. The van der Waals surface area contributed by atoms with Crippen LogP contribution in [0.25, 0.3) is 17.1 Å². The predicted molar refractivity (Wildman–Crippen MR) is 107 cm³/mol. The fraction of sp³-hybridized carbons (Fsp3) is 0.0526. The highest BCUT2D eigenvalue weighted by molar-refractivity contribution is 6.03. The van der Waals surface area contributed by atoms with E-state index >= 15 is 0 Å². The van der Waals surface area contributed by atoms with Crippen LogP contribution < -0.4 is 11.2 Å². The van der Waals surface area contributed by atoms with Gasteiger partial charge < -0.3 is 10.8 Å². The lowest BCUT2D eigenvalue weighted by molar-refractivity contribution is 0.0950. The summed E-state index contributed by atoms with van der Waals surface area (Å²) in [6.07, 6.45) is 0. The molecule has 0 saturated carbocycles. The number of hydrogen-bond donors (Lipinski definition) is 3. The minimum absolute atomic E-state index is 0.00235. The van der Waals surface area contributed by atoms with Crippen LogP contribution in [0.15, 0.2) is 64.3 Å². The quantitative estimate of drug-likeness (QED) is 0.335. The predicted octanol–water partition coefficient (Wildman–Crippen LogP) is 1.76. The van der Waals surface area contributed by atoms with Crippen molar-refractivity contribution in [1.29, 1.82) is 0 Å². The summed E-state index contributed by atoms with van der Waals surface area (Å²) in [6.45, 7) is 1.66. The zero-order chi connectivity index (χ0) is 21.1. The molecular weight excluding hydrogens is 388 g/mol. The van der Waals surface area contributed by atoms with Gasteiger partial charge in [0.05, 0.1) is 5.71 Å². The van der Waals surface area contributed by atoms with Crippen molar-refractivity contribution in [2.45, 2.75) is 6.92 Å². The summed E-state index contributed by atoms with van der Waals surface area (Å²) in [5.41, 5.74) is 10.1. The molecule has 0 aliphatic carbocycles. The number of carbonyl (C=O) groups excluding carboxylic acids is 1. The third kappa shape index (κ3) is 3.46. The highest BCUT2D eigenvalue weighted by Gasteiger charge is 2.25. The molecule has 0 radical (unpaired) electrons. The van der Waals surface area contributed by atoms with Crippen LogP contribution in [-0.4, -0.2) is 42.0 Å². The summed E-state index contributed by atoms with van der Waals surface area (Å²) < 4.78 is 5.91. The molecule has 4 rings (SSSR count). The first-order chi connectivity index (χ1) is 14.6. The third-order valence-electron chi connectivity index (χ3n) is 4.25. The van der Waals surface area contributed by atoms with Crippen LogP contribution in [0, 0.1) is 0 Å². The number of benzene rings is 2. The number of nitrogens with one attached hydrogen (secondary N) is 1. The van der Waals surface area contributed by atoms with Gasteiger partial charge in [0.15, 0.2) is 5.69 Å². The Morgan fingerprint density at radius 2 is 1.87 bits per heavy atom. The highest BCUT2D eigenvalue weighted by Crippen LogP contribution is 2.26. The van der Waals surface area contributed by atoms with Gasteiger partial charge in [-0.15, -0.1) is 5.10 Å². The van der Waals surface area contributed by atoms with Crippen LogP contribution in [0.3, 0.4) is 0 Å². The summed E-state index contributed by atoms with van der Waals surface area (Å²) in [5.74, 6) is -0.449. The smallest absolute Gasteiger partial charge is 0.294 e. The van der Waals surface area contributed by atoms with E-state index in [1.54, 1.807) is 49.4 Å². The van der Waals surface area contributed by atoms with Crippen LogP contribution in [0.5, 0.6) is 5.75 Å². The molecule has 11 heteroatoms. The lowest BCUT2D eigenvalue weighted by Gasteiger charge is -2.06. The van der Waals surface area contributed by atoms with Gasteiger partial charge in [-0.1, -0.05) is 47.7 Å². The Bertz CT molecular complexity index is 1230. The van der Waals surface area contributed by atoms with Gasteiger partial charge in [-0.3, -0.25) is 4.79 Å². The Kier molecular flexibility index (Phi) is 4.91. The minimum Gasteiger partial charge on any atom is -0.507 e. The summed E-state index contributed by atoms with van der Waals surface area (Å²) in [5, 5.41) is 29.2. The number of rotatable bonds is 5. The number of para-hydroxylation sites is 1. The standard InChI is InChI=1S/C19H16N8O3/c1-11(13-9-5-6-10-14(13)28)21-23-19(29)15-16(12-7-3-2-4-8-12)27(26-22-15)18-17(20)24-30-25-18/h2-10,28H,1H3,(H2,20,24)(H,23,29)/b21-11-. The van der Waals surface area contributed by atoms with E-state index in [1.165, 1.54) is 10.7 Å². The van der Waals surface area contributed by atoms with E-state index in [9.17, 15) is 9.90 Å². The van der Waals surface area contributed by atoms with Crippen molar-refractivity contribution in [1.82, 2.24) is 30.7 Å². The molecule has 2 aromatic heterocycles. The first-order valence-electron chi connectivity index (χ1n) is 8.78. The highest BCUT2D eigenvalue weighted by atomic mass is 16.6. The molecule has 0 saturated heterocycles. The van der Waals surface area contributed by atoms with Crippen LogP contribution in [0.2, 0.25) is 0 Å². The molecule has 0 atom stereocenters. The van der Waals surface area contributed by atoms with E-state index < -0.39 is 5.91 Å². The molecule has 0 fully saturated rings. The second kappa shape index (κ2) is 7.83. The number of nitrogens with zero attached hydrogens (tertiary/aromatic N) is 6. The molecule has 0 aliphatic heterocycles. The fourth-order valence-electron chi connectivity index (χ4n) is 2.80. The summed E-state index contributed by atoms with van der Waals surface area (Å²) in [7, 11) is 0. The van der Waals surface area contributed by atoms with Gasteiger partial charge in [-0.05, 0) is 29.4 Å². The lowest BCUT2D eigenvalue weighted by Crippen LogP contribution is -2.21. The van der Waals surface area contributed by atoms with Gasteiger partial charge in [0.25, 0.3) is 5.91 Å². The van der Waals surface area contributed by atoms with E-state index in [1.807, 2.05) is 6.07 Å². The molecule has 1 amide bonds. The SMILES string of the molecule is C/C(=N/NC(=O)c1nnn(-c2nonc2N)c1-c1ccccc1)c1ccccc1O. The zero-order valence-corrected chi connectivity index (χ0v) is 15.7. The molecule has 30 heavy (non-hydrogen) atoms. The maximum absolute atomic E-state index is 12.8. The molecule has 0 unspecified atom stereocenters. The number of hydrogen-bond acceptors (Lipinski definition) is 9. The average molecular weight is 404 g/mol. The molecule has 2 aromatic carbocycles. The van der Waals surface area contributed by atoms with Crippen molar-refractivity contribution >= 4 is 17.4 Å². The second-order valence-electron chi connectivity index (χ2n) is 6.19. The first-order valence-corrected chi connectivity index (χ1v) is 8.78. The van der Waals surface area contributed by atoms with Crippen molar-refractivity contribution < 1.29 is 14.5 Å². The number of hydrazone groups is 1. The van der Waals surface area contributed by atoms with Crippen molar-refractivity contribution in [3.8, 4) is 22.8 Å². The largest absolute Gasteiger partial charge is 0.507 e. The number of phenols is 1. The summed E-state index contributed by atoms with van der Waals surface area (Å²) in [4.78, 5) is 12.8. The number of aromatic nitrogens is 5. The fourth-order valence-corrected chi connectivity index (χ4v) is 2.80. The van der Waals surface area contributed by atoms with Crippen molar-refractivity contribution in [2.75, 3.05) is 5.73 Å². The summed E-state index contributed by atoms with van der Waals surface area (Å²) in [6, 6.07) is 15.7. The number of amides is 1. The average Bonchev–Trinajstić information content (AvgIpc) is 3.38. The van der Waals surface area contributed by atoms with E-state index in [0.717, 1.165) is 0 Å². The summed E-state index contributed by atoms with van der Waals surface area (Å²) >= 11 is 0. The van der Waals surface area contributed by atoms with Gasteiger partial charge in [-0.2, -0.15) is 9.78 Å². The second-order valence-corrected chi connectivity index (χ2v) is 6.19. The van der Waals surface area contributed by atoms with Crippen molar-refractivity contribution in [3.63, 3.8) is 0 Å². The molecule has 0 bridgehead atoms. The minimum atomic E-state index is -0.607. The topological polar surface area (TPSA) is 157 Å². The first kappa shape index (κ1) is 18.8. The number of aromatic hydroxyl groups is 1. The van der Waals surface area contributed by atoms with Crippen LogP contribution in [-0.2, 0) is 0 Å². The van der Waals surface area contributed by atoms with Gasteiger partial charge >= 0.3 is 0 Å². The Morgan fingerprint density at radius 3 is 2.57 bits per heavy atom. The normalized spacial score (nSPS) is 11.4. The number of phenolic OH excluding ortho intramolecular Hbond substituents is 1. The monoisotopic (exact) mass is 404 g/mol. The number of carbonyl (C=O) groups is 1. The van der Waals surface area contributed by atoms with E-state index in [2.05, 4.69) is 35.8 Å². The van der Waals surface area contributed by atoms with E-state index in [0.29, 0.717) is 22.5 Å². The third-order valence-corrected chi connectivity index (χ3v) is 4.25. The van der Waals surface area contributed by atoms with Crippen molar-refractivity contribution in [3.05, 3.63) is 65.9 Å². The zero-order valence-electron chi connectivity index (χ0n) is 15.7. The molecule has 4 aromatic rings.